The first kappa shape index (κ1) is 30.0. The molecule has 202 valence electrons. The summed E-state index contributed by atoms with van der Waals surface area (Å²) in [5, 5.41) is -5.13. The van der Waals surface area contributed by atoms with E-state index in [-0.39, 0.29) is 94.9 Å². The molecule has 0 radical (unpaired) electrons. The summed E-state index contributed by atoms with van der Waals surface area (Å²) in [6, 6.07) is 0. The number of hydrogen-bond donors (Lipinski definition) is 0. The van der Waals surface area contributed by atoms with Gasteiger partial charge in [-0.3, -0.25) is 19.2 Å². The van der Waals surface area contributed by atoms with Crippen LogP contribution in [0.1, 0.15) is 69.6 Å². The van der Waals surface area contributed by atoms with E-state index < -0.39 is 105 Å². The fraction of sp³-hybridized carbons (Fsp3) is 0.667. The molecule has 0 bridgehead atoms. The molecule has 2 aliphatic heterocycles. The molecule has 2 saturated heterocycles. The Hall–Kier alpha value is -0.960. The molecule has 0 aromatic carbocycles. The summed E-state index contributed by atoms with van der Waals surface area (Å²) < 4.78 is 97.1. The molecule has 20 heteroatoms. The zero-order valence-electron chi connectivity index (χ0n) is 24.2. The quantitative estimate of drug-likeness (QED) is 0.0821. The Morgan fingerprint density at radius 3 is 1.26 bits per heavy atom. The third-order valence-corrected chi connectivity index (χ3v) is 6.94. The molecule has 2 unspecified atom stereocenters. The average Bonchev–Trinajstić information content (AvgIpc) is 3.26. The number of unbranched alkanes of at least 4 members (excludes halogenated alkanes) is 3. The summed E-state index contributed by atoms with van der Waals surface area (Å²) in [5.74, 6) is -9.28. The number of imide groups is 2. The minimum absolute atomic E-state index is 0. The largest absolute Gasteiger partial charge is 1.00 e. The van der Waals surface area contributed by atoms with Crippen LogP contribution in [-0.2, 0) is 58.7 Å². The molecular formula is C18H22N2Na2O14S2. The van der Waals surface area contributed by atoms with Crippen LogP contribution in [0.3, 0.4) is 0 Å². The molecule has 4 amide bonds. The topological polar surface area (TPSA) is 242 Å². The van der Waals surface area contributed by atoms with Gasteiger partial charge in [-0.1, -0.05) is 25.7 Å². The molecule has 0 saturated carbocycles. The van der Waals surface area contributed by atoms with Crippen LogP contribution in [-0.4, -0.2) is 82.1 Å². The number of hydrogen-bond acceptors (Lipinski definition) is 14. The van der Waals surface area contributed by atoms with Gasteiger partial charge in [0.15, 0.2) is 0 Å². The van der Waals surface area contributed by atoms with E-state index in [0.717, 1.165) is 0 Å². The average molecular weight is 605 g/mol. The van der Waals surface area contributed by atoms with Crippen molar-refractivity contribution < 1.29 is 129 Å². The van der Waals surface area contributed by atoms with Crippen molar-refractivity contribution in [3.63, 3.8) is 0 Å². The van der Waals surface area contributed by atoms with Gasteiger partial charge in [0, 0.05) is 18.2 Å². The second-order valence-electron chi connectivity index (χ2n) is 7.45. The Balaban J connectivity index is 0.00000840. The number of carbonyl (C=O) groups excluding carboxylic acids is 6. The predicted octanol–water partition coefficient (Wildman–Crippen LogP) is -7.62. The first-order valence-corrected chi connectivity index (χ1v) is 13.1. The maximum absolute atomic E-state index is 12.1. The SMILES string of the molecule is [2H]C([2H])(CCCCCCC([2H])([2H])C(=O)ON1C(=O)CC(S(=O)(=O)[O-])C1=O)C(=O)ON1C(=O)CC(S(=O)(=O)[O-])C1=O.[Na+].[Na+]. The number of rotatable bonds is 13. The van der Waals surface area contributed by atoms with Crippen molar-refractivity contribution in [1.29, 1.82) is 0 Å². The molecule has 0 N–H and O–H groups in total. The van der Waals surface area contributed by atoms with Crippen LogP contribution in [0.5, 0.6) is 0 Å². The van der Waals surface area contributed by atoms with Crippen molar-refractivity contribution >= 4 is 55.8 Å². The molecular weight excluding hydrogens is 578 g/mol. The van der Waals surface area contributed by atoms with Gasteiger partial charge in [-0.05, 0) is 12.8 Å². The fourth-order valence-corrected chi connectivity index (χ4v) is 4.40. The first-order chi connectivity index (χ1) is 18.1. The van der Waals surface area contributed by atoms with E-state index in [0.29, 0.717) is 0 Å². The van der Waals surface area contributed by atoms with E-state index in [1.807, 2.05) is 0 Å². The number of amides is 4. The van der Waals surface area contributed by atoms with Crippen molar-refractivity contribution in [2.75, 3.05) is 0 Å². The maximum atomic E-state index is 12.1. The van der Waals surface area contributed by atoms with Crippen LogP contribution in [0, 0.1) is 0 Å². The van der Waals surface area contributed by atoms with Gasteiger partial charge >= 0.3 is 71.1 Å². The normalized spacial score (nSPS) is 22.1. The van der Waals surface area contributed by atoms with Crippen LogP contribution in [0.2, 0.25) is 0 Å². The third-order valence-electron chi connectivity index (χ3n) is 4.81. The van der Waals surface area contributed by atoms with Crippen LogP contribution >= 0.6 is 0 Å². The Morgan fingerprint density at radius 1 is 0.711 bits per heavy atom. The molecule has 0 aromatic rings. The van der Waals surface area contributed by atoms with Crippen LogP contribution < -0.4 is 59.1 Å². The molecule has 0 aliphatic carbocycles. The Kier molecular flexibility index (Phi) is 12.4. The van der Waals surface area contributed by atoms with Crippen molar-refractivity contribution in [3.8, 4) is 0 Å². The number of nitrogens with zero attached hydrogens (tertiary/aromatic N) is 2. The fourth-order valence-electron chi connectivity index (χ4n) is 3.02. The van der Waals surface area contributed by atoms with Crippen LogP contribution in [0.25, 0.3) is 0 Å². The standard InChI is InChI=1S/C18H24N2O14S2.2Na/c21-13-9-11(35(27,28)29)17(25)19(13)33-15(23)7-5-3-1-2-4-6-8-16(24)34-20-14(22)10-12(18(20)26)36(30,31)32;;/h11-12H,1-10H2,(H,27,28,29)(H,30,31,32);;/q;2*+1/p-2/i7D2,8D2;;. The third kappa shape index (κ3) is 10.5. The number of carbonyl (C=O) groups is 6. The zero-order chi connectivity index (χ0) is 30.8. The van der Waals surface area contributed by atoms with Gasteiger partial charge in [0.25, 0.3) is 23.6 Å². The summed E-state index contributed by atoms with van der Waals surface area (Å²) in [4.78, 5) is 80.1. The molecule has 0 spiro atoms. The van der Waals surface area contributed by atoms with E-state index in [1.54, 1.807) is 0 Å². The Bertz CT molecular complexity index is 1230. The van der Waals surface area contributed by atoms with E-state index in [9.17, 15) is 54.7 Å². The van der Waals surface area contributed by atoms with E-state index in [1.165, 1.54) is 0 Å². The van der Waals surface area contributed by atoms with Gasteiger partial charge in [-0.25, -0.2) is 26.4 Å². The molecule has 0 aromatic heterocycles. The Labute approximate surface area is 267 Å². The van der Waals surface area contributed by atoms with Crippen LogP contribution in [0.4, 0.5) is 0 Å². The Morgan fingerprint density at radius 2 is 1.00 bits per heavy atom. The molecule has 2 atom stereocenters. The second-order valence-corrected chi connectivity index (χ2v) is 10.6. The summed E-state index contributed by atoms with van der Waals surface area (Å²) in [5.41, 5.74) is 0. The first-order valence-electron chi connectivity index (χ1n) is 12.2. The predicted molar refractivity (Wildman–Crippen MR) is 109 cm³/mol. The van der Waals surface area contributed by atoms with Crippen molar-refractivity contribution in [2.24, 2.45) is 0 Å². The maximum Gasteiger partial charge on any atom is 1.00 e. The van der Waals surface area contributed by atoms with Gasteiger partial charge in [-0.2, -0.15) is 0 Å². The van der Waals surface area contributed by atoms with Gasteiger partial charge in [0.05, 0.1) is 12.8 Å². The van der Waals surface area contributed by atoms with Crippen LogP contribution in [0.15, 0.2) is 0 Å². The van der Waals surface area contributed by atoms with Crippen molar-refractivity contribution in [3.05, 3.63) is 0 Å². The van der Waals surface area contributed by atoms with Crippen molar-refractivity contribution in [2.45, 2.75) is 74.6 Å². The molecule has 2 aliphatic rings. The second kappa shape index (κ2) is 15.7. The molecule has 16 nitrogen and oxygen atoms in total. The zero-order valence-corrected chi connectivity index (χ0v) is 25.9. The van der Waals surface area contributed by atoms with Gasteiger partial charge in [0.2, 0.25) is 0 Å². The molecule has 38 heavy (non-hydrogen) atoms. The smallest absolute Gasteiger partial charge is 0.747 e. The van der Waals surface area contributed by atoms with Crippen molar-refractivity contribution in [1.82, 2.24) is 10.1 Å². The van der Waals surface area contributed by atoms with Gasteiger partial charge in [-0.15, -0.1) is 10.1 Å². The minimum atomic E-state index is -5.21. The van der Waals surface area contributed by atoms with Gasteiger partial charge in [0.1, 0.15) is 30.7 Å². The van der Waals surface area contributed by atoms with E-state index in [4.69, 9.17) is 5.48 Å². The van der Waals surface area contributed by atoms with Gasteiger partial charge < -0.3 is 18.8 Å². The summed E-state index contributed by atoms with van der Waals surface area (Å²) >= 11 is 0. The summed E-state index contributed by atoms with van der Waals surface area (Å²) in [7, 11) is -10.4. The summed E-state index contributed by atoms with van der Waals surface area (Å²) in [6.45, 7) is 0. The number of hydroxylamine groups is 4. The van der Waals surface area contributed by atoms with E-state index in [2.05, 4.69) is 9.68 Å². The monoisotopic (exact) mass is 604 g/mol. The summed E-state index contributed by atoms with van der Waals surface area (Å²) in [6.07, 6.45) is -8.34. The minimum Gasteiger partial charge on any atom is -0.747 e. The molecule has 2 rings (SSSR count). The molecule has 2 heterocycles. The van der Waals surface area contributed by atoms with E-state index >= 15 is 0 Å². The molecule has 2 fully saturated rings.